The molecule has 3 aliphatic rings. The normalized spacial score (nSPS) is 33.5. The fraction of sp³-hybridized carbons (Fsp3) is 1.00. The Morgan fingerprint density at radius 2 is 1.53 bits per heavy atom. The third-order valence-electron chi connectivity index (χ3n) is 5.69. The fourth-order valence-corrected chi connectivity index (χ4v) is 3.75. The highest BCUT2D eigenvalue weighted by Gasteiger charge is 2.54. The van der Waals surface area contributed by atoms with E-state index < -0.39 is 0 Å². The Balaban J connectivity index is 1.51. The van der Waals surface area contributed by atoms with Gasteiger partial charge in [0.15, 0.2) is 0 Å². The Bertz CT molecular complexity index is 296. The summed E-state index contributed by atoms with van der Waals surface area (Å²) in [6, 6.07) is 0. The van der Waals surface area contributed by atoms with E-state index in [0.717, 1.165) is 17.7 Å². The van der Waals surface area contributed by atoms with Gasteiger partial charge in [-0.2, -0.15) is 0 Å². The van der Waals surface area contributed by atoms with Crippen molar-refractivity contribution >= 4 is 7.12 Å². The lowest BCUT2D eigenvalue weighted by molar-refractivity contribution is -0.0187. The second-order valence-electron chi connectivity index (χ2n) is 7.55. The molecule has 2 nitrogen and oxygen atoms in total. The van der Waals surface area contributed by atoms with Crippen molar-refractivity contribution in [3.05, 3.63) is 0 Å². The van der Waals surface area contributed by atoms with Gasteiger partial charge in [-0.25, -0.2) is 0 Å². The average Bonchev–Trinajstić information content (AvgIpc) is 2.24. The summed E-state index contributed by atoms with van der Waals surface area (Å²) in [6.45, 7) is 8.56. The molecule has 3 heteroatoms. The molecule has 1 heterocycles. The molecule has 0 atom stereocenters. The third-order valence-corrected chi connectivity index (χ3v) is 5.69. The molecule has 0 aromatic heterocycles. The summed E-state index contributed by atoms with van der Waals surface area (Å²) < 4.78 is 12.1. The first-order valence-corrected chi connectivity index (χ1v) is 7.18. The highest BCUT2D eigenvalue weighted by atomic mass is 16.7. The molecular weight excluding hydrogens is 211 g/mol. The molecule has 0 aromatic carbocycles. The molecule has 3 fully saturated rings. The van der Waals surface area contributed by atoms with Crippen LogP contribution in [0, 0.1) is 11.3 Å². The zero-order valence-electron chi connectivity index (χ0n) is 11.7. The van der Waals surface area contributed by atoms with E-state index in [1.807, 2.05) is 0 Å². The molecule has 17 heavy (non-hydrogen) atoms. The van der Waals surface area contributed by atoms with Gasteiger partial charge in [0.25, 0.3) is 0 Å². The van der Waals surface area contributed by atoms with Gasteiger partial charge in [0.1, 0.15) is 0 Å². The first-order chi connectivity index (χ1) is 7.82. The molecule has 1 aliphatic heterocycles. The monoisotopic (exact) mass is 236 g/mol. The van der Waals surface area contributed by atoms with Gasteiger partial charge in [-0.3, -0.25) is 0 Å². The van der Waals surface area contributed by atoms with E-state index in [-0.39, 0.29) is 18.3 Å². The minimum Gasteiger partial charge on any atom is -0.403 e. The Labute approximate surface area is 106 Å². The molecule has 2 saturated carbocycles. The van der Waals surface area contributed by atoms with Crippen molar-refractivity contribution in [3.8, 4) is 0 Å². The van der Waals surface area contributed by atoms with Crippen LogP contribution in [-0.2, 0) is 9.31 Å². The standard InChI is InChI=1S/C14H25BO2/c1-12(2)13(3,4)17-15(16-12)10-11-8-14(9-11)6-5-7-14/h11H,5-10H2,1-4H3. The van der Waals surface area contributed by atoms with Crippen molar-refractivity contribution in [1.29, 1.82) is 0 Å². The Kier molecular flexibility index (Phi) is 2.49. The lowest BCUT2D eigenvalue weighted by Crippen LogP contribution is -2.44. The van der Waals surface area contributed by atoms with Crippen molar-refractivity contribution in [3.63, 3.8) is 0 Å². The van der Waals surface area contributed by atoms with Crippen molar-refractivity contribution in [2.24, 2.45) is 11.3 Å². The van der Waals surface area contributed by atoms with E-state index in [1.165, 1.54) is 32.1 Å². The molecule has 0 aromatic rings. The van der Waals surface area contributed by atoms with Crippen molar-refractivity contribution in [1.82, 2.24) is 0 Å². The third kappa shape index (κ3) is 1.86. The van der Waals surface area contributed by atoms with Crippen LogP contribution in [0.3, 0.4) is 0 Å². The quantitative estimate of drug-likeness (QED) is 0.681. The van der Waals surface area contributed by atoms with Gasteiger partial charge < -0.3 is 9.31 Å². The van der Waals surface area contributed by atoms with Crippen molar-refractivity contribution in [2.45, 2.75) is 77.3 Å². The molecule has 0 unspecified atom stereocenters. The van der Waals surface area contributed by atoms with Gasteiger partial charge in [0, 0.05) is 0 Å². The van der Waals surface area contributed by atoms with Crippen LogP contribution in [0.15, 0.2) is 0 Å². The second kappa shape index (κ2) is 3.51. The topological polar surface area (TPSA) is 18.5 Å². The van der Waals surface area contributed by atoms with Crippen LogP contribution >= 0.6 is 0 Å². The lowest BCUT2D eigenvalue weighted by atomic mass is 9.49. The summed E-state index contributed by atoms with van der Waals surface area (Å²) in [6.07, 6.45) is 8.38. The zero-order valence-corrected chi connectivity index (χ0v) is 11.7. The molecule has 0 radical (unpaired) electrons. The smallest absolute Gasteiger partial charge is 0.403 e. The van der Waals surface area contributed by atoms with E-state index in [9.17, 15) is 0 Å². The van der Waals surface area contributed by atoms with Crippen LogP contribution in [0.2, 0.25) is 6.32 Å². The Morgan fingerprint density at radius 1 is 1.00 bits per heavy atom. The van der Waals surface area contributed by atoms with E-state index in [2.05, 4.69) is 27.7 Å². The molecule has 1 spiro atoms. The Hall–Kier alpha value is -0.0151. The molecular formula is C14H25BO2. The summed E-state index contributed by atoms with van der Waals surface area (Å²) in [4.78, 5) is 0. The Morgan fingerprint density at radius 3 is 1.94 bits per heavy atom. The van der Waals surface area contributed by atoms with Gasteiger partial charge in [0.05, 0.1) is 11.2 Å². The van der Waals surface area contributed by atoms with E-state index >= 15 is 0 Å². The average molecular weight is 236 g/mol. The van der Waals surface area contributed by atoms with Crippen LogP contribution in [0.25, 0.3) is 0 Å². The predicted molar refractivity (Wildman–Crippen MR) is 69.9 cm³/mol. The number of hydrogen-bond acceptors (Lipinski definition) is 2. The van der Waals surface area contributed by atoms with Crippen LogP contribution in [0.5, 0.6) is 0 Å². The van der Waals surface area contributed by atoms with Gasteiger partial charge in [0.2, 0.25) is 0 Å². The molecule has 3 rings (SSSR count). The van der Waals surface area contributed by atoms with Crippen molar-refractivity contribution in [2.75, 3.05) is 0 Å². The van der Waals surface area contributed by atoms with Crippen LogP contribution in [0.1, 0.15) is 59.8 Å². The van der Waals surface area contributed by atoms with Crippen molar-refractivity contribution < 1.29 is 9.31 Å². The van der Waals surface area contributed by atoms with Crippen LogP contribution < -0.4 is 0 Å². The van der Waals surface area contributed by atoms with E-state index in [0.29, 0.717) is 0 Å². The number of hydrogen-bond donors (Lipinski definition) is 0. The SMILES string of the molecule is CC1(C)OB(CC2CC3(CCC3)C2)OC1(C)C. The van der Waals surface area contributed by atoms with E-state index in [4.69, 9.17) is 9.31 Å². The molecule has 2 aliphatic carbocycles. The minimum absolute atomic E-state index is 0.0300. The summed E-state index contributed by atoms with van der Waals surface area (Å²) in [7, 11) is 0.0300. The molecule has 0 amide bonds. The first-order valence-electron chi connectivity index (χ1n) is 7.18. The summed E-state index contributed by atoms with van der Waals surface area (Å²) in [5.41, 5.74) is 0.458. The zero-order chi connectivity index (χ0) is 12.3. The second-order valence-corrected chi connectivity index (χ2v) is 7.55. The maximum atomic E-state index is 6.07. The van der Waals surface area contributed by atoms with E-state index in [1.54, 1.807) is 0 Å². The lowest BCUT2D eigenvalue weighted by Gasteiger charge is -2.54. The molecule has 0 N–H and O–H groups in total. The van der Waals surface area contributed by atoms with Gasteiger partial charge >= 0.3 is 7.12 Å². The van der Waals surface area contributed by atoms with Gasteiger partial charge in [-0.1, -0.05) is 6.42 Å². The molecule has 96 valence electrons. The van der Waals surface area contributed by atoms with Gasteiger partial charge in [-0.05, 0) is 71.0 Å². The molecule has 0 bridgehead atoms. The largest absolute Gasteiger partial charge is 0.458 e. The summed E-state index contributed by atoms with van der Waals surface area (Å²) in [5.74, 6) is 0.852. The number of rotatable bonds is 2. The summed E-state index contributed by atoms with van der Waals surface area (Å²) in [5, 5.41) is 0. The van der Waals surface area contributed by atoms with Crippen LogP contribution in [0.4, 0.5) is 0 Å². The molecule has 1 saturated heterocycles. The first kappa shape index (κ1) is 12.0. The maximum Gasteiger partial charge on any atom is 0.458 e. The van der Waals surface area contributed by atoms with Gasteiger partial charge in [-0.15, -0.1) is 0 Å². The fourth-order valence-electron chi connectivity index (χ4n) is 3.75. The maximum absolute atomic E-state index is 6.07. The van der Waals surface area contributed by atoms with Crippen LogP contribution in [-0.4, -0.2) is 18.3 Å². The highest BCUT2D eigenvalue weighted by molar-refractivity contribution is 6.45. The summed E-state index contributed by atoms with van der Waals surface area (Å²) >= 11 is 0. The minimum atomic E-state index is -0.157. The predicted octanol–water partition coefficient (Wildman–Crippen LogP) is 3.66. The highest BCUT2D eigenvalue weighted by Crippen LogP contribution is 2.60.